The number of esters is 1. The van der Waals surface area contributed by atoms with Gasteiger partial charge in [-0.25, -0.2) is 4.79 Å². The number of amides is 1. The van der Waals surface area contributed by atoms with Crippen molar-refractivity contribution in [3.63, 3.8) is 0 Å². The van der Waals surface area contributed by atoms with Gasteiger partial charge in [-0.15, -0.1) is 0 Å². The number of aliphatic hydroxyl groups excluding tert-OH is 1. The quantitative estimate of drug-likeness (QED) is 0.759. The molecule has 2 atom stereocenters. The van der Waals surface area contributed by atoms with E-state index < -0.39 is 12.0 Å². The Morgan fingerprint density at radius 2 is 1.72 bits per heavy atom. The molecule has 25 heavy (non-hydrogen) atoms. The molecular formula is C20H23NO4. The predicted octanol–water partition coefficient (Wildman–Crippen LogP) is 2.64. The zero-order valence-corrected chi connectivity index (χ0v) is 14.4. The van der Waals surface area contributed by atoms with Gasteiger partial charge in [-0.1, -0.05) is 42.5 Å². The fourth-order valence-electron chi connectivity index (χ4n) is 2.49. The summed E-state index contributed by atoms with van der Waals surface area (Å²) in [6.07, 6.45) is 0.317. The van der Waals surface area contributed by atoms with E-state index in [1.54, 1.807) is 36.4 Å². The van der Waals surface area contributed by atoms with Crippen LogP contribution in [-0.2, 0) is 16.0 Å². The van der Waals surface area contributed by atoms with Crippen LogP contribution >= 0.6 is 0 Å². The molecule has 1 amide bonds. The summed E-state index contributed by atoms with van der Waals surface area (Å²) in [6.45, 7) is 1.90. The largest absolute Gasteiger partial charge is 0.465 e. The summed E-state index contributed by atoms with van der Waals surface area (Å²) in [5.74, 6) is -0.762. The number of hydrogen-bond acceptors (Lipinski definition) is 4. The van der Waals surface area contributed by atoms with Gasteiger partial charge in [-0.2, -0.15) is 0 Å². The van der Waals surface area contributed by atoms with Crippen molar-refractivity contribution in [3.8, 4) is 0 Å². The van der Waals surface area contributed by atoms with Gasteiger partial charge in [0, 0.05) is 6.04 Å². The highest BCUT2D eigenvalue weighted by molar-refractivity contribution is 5.89. The first kappa shape index (κ1) is 18.7. The Labute approximate surface area is 147 Å². The highest BCUT2D eigenvalue weighted by Gasteiger charge is 2.18. The highest BCUT2D eigenvalue weighted by Crippen LogP contribution is 2.13. The van der Waals surface area contributed by atoms with Crippen molar-refractivity contribution in [2.24, 2.45) is 0 Å². The highest BCUT2D eigenvalue weighted by atomic mass is 16.5. The van der Waals surface area contributed by atoms with Crippen LogP contribution in [0.5, 0.6) is 0 Å². The van der Waals surface area contributed by atoms with Gasteiger partial charge in [0.1, 0.15) is 0 Å². The minimum atomic E-state index is -1.16. The first-order valence-electron chi connectivity index (χ1n) is 8.22. The van der Waals surface area contributed by atoms with Crippen LogP contribution < -0.4 is 5.32 Å². The zero-order chi connectivity index (χ0) is 18.2. The van der Waals surface area contributed by atoms with Gasteiger partial charge in [0.15, 0.2) is 6.10 Å². The van der Waals surface area contributed by atoms with Crippen molar-refractivity contribution in [2.75, 3.05) is 7.11 Å². The lowest BCUT2D eigenvalue weighted by atomic mass is 10.0. The normalized spacial score (nSPS) is 12.9. The molecule has 0 aliphatic carbocycles. The number of carbonyl (C=O) groups excluding carboxylic acids is 2. The second-order valence-electron chi connectivity index (χ2n) is 5.95. The maximum atomic E-state index is 12.1. The van der Waals surface area contributed by atoms with Gasteiger partial charge in [0.05, 0.1) is 12.7 Å². The molecule has 0 saturated carbocycles. The van der Waals surface area contributed by atoms with E-state index in [1.807, 2.05) is 25.1 Å². The molecule has 2 rings (SSSR count). The van der Waals surface area contributed by atoms with E-state index in [0.29, 0.717) is 11.1 Å². The van der Waals surface area contributed by atoms with Crippen molar-refractivity contribution in [1.29, 1.82) is 0 Å². The zero-order valence-electron chi connectivity index (χ0n) is 14.4. The summed E-state index contributed by atoms with van der Waals surface area (Å²) in [6, 6.07) is 16.0. The molecule has 0 fully saturated rings. The second kappa shape index (κ2) is 8.99. The van der Waals surface area contributed by atoms with Crippen molar-refractivity contribution >= 4 is 11.9 Å². The number of aryl methyl sites for hydroxylation is 1. The van der Waals surface area contributed by atoms with Gasteiger partial charge in [-0.3, -0.25) is 4.79 Å². The first-order chi connectivity index (χ1) is 12.0. The Morgan fingerprint density at radius 1 is 1.08 bits per heavy atom. The van der Waals surface area contributed by atoms with Crippen LogP contribution in [0.4, 0.5) is 0 Å². The molecule has 5 nitrogen and oxygen atoms in total. The molecule has 0 spiro atoms. The number of methoxy groups -OCH3 is 1. The van der Waals surface area contributed by atoms with Crippen LogP contribution in [-0.4, -0.2) is 30.1 Å². The number of benzene rings is 2. The Bertz CT molecular complexity index is 697. The summed E-state index contributed by atoms with van der Waals surface area (Å²) in [7, 11) is 1.35. The third-order valence-electron chi connectivity index (χ3n) is 3.99. The number of nitrogens with one attached hydrogen (secondary N) is 1. The Balaban J connectivity index is 1.83. The van der Waals surface area contributed by atoms with Crippen molar-refractivity contribution < 1.29 is 19.4 Å². The van der Waals surface area contributed by atoms with E-state index in [2.05, 4.69) is 10.1 Å². The standard InChI is InChI=1S/C20H23NO4/c1-14(21-19(23)18(22)16-6-4-3-5-7-16)8-9-15-10-12-17(13-11-15)20(24)25-2/h3-7,10-14,18,22H,8-9H2,1-2H3,(H,21,23)/t14-,18-/m1/s1. The lowest BCUT2D eigenvalue weighted by Crippen LogP contribution is -2.36. The summed E-state index contributed by atoms with van der Waals surface area (Å²) >= 11 is 0. The van der Waals surface area contributed by atoms with Gasteiger partial charge in [0.25, 0.3) is 5.91 Å². The molecule has 0 heterocycles. The monoisotopic (exact) mass is 341 g/mol. The third kappa shape index (κ3) is 5.43. The number of hydrogen-bond donors (Lipinski definition) is 2. The fourth-order valence-corrected chi connectivity index (χ4v) is 2.49. The van der Waals surface area contributed by atoms with Crippen LogP contribution in [0.25, 0.3) is 0 Å². The Morgan fingerprint density at radius 3 is 2.32 bits per heavy atom. The smallest absolute Gasteiger partial charge is 0.337 e. The average Bonchev–Trinajstić information content (AvgIpc) is 2.66. The summed E-state index contributed by atoms with van der Waals surface area (Å²) in [5, 5.41) is 12.9. The molecule has 0 bridgehead atoms. The topological polar surface area (TPSA) is 75.6 Å². The average molecular weight is 341 g/mol. The van der Waals surface area contributed by atoms with Crippen LogP contribution in [0, 0.1) is 0 Å². The molecule has 0 unspecified atom stereocenters. The summed E-state index contributed by atoms with van der Waals surface area (Å²) in [4.78, 5) is 23.5. The number of aliphatic hydroxyl groups is 1. The molecule has 5 heteroatoms. The van der Waals surface area contributed by atoms with Crippen LogP contribution in [0.2, 0.25) is 0 Å². The second-order valence-corrected chi connectivity index (χ2v) is 5.95. The molecule has 0 saturated heterocycles. The van der Waals surface area contributed by atoms with Crippen LogP contribution in [0.1, 0.15) is 40.9 Å². The fraction of sp³-hybridized carbons (Fsp3) is 0.300. The number of rotatable bonds is 7. The van der Waals surface area contributed by atoms with Gasteiger partial charge in [-0.05, 0) is 43.0 Å². The van der Waals surface area contributed by atoms with Crippen LogP contribution in [0.15, 0.2) is 54.6 Å². The molecule has 0 radical (unpaired) electrons. The van der Waals surface area contributed by atoms with Crippen molar-refractivity contribution in [1.82, 2.24) is 5.32 Å². The number of carbonyl (C=O) groups is 2. The lowest BCUT2D eigenvalue weighted by Gasteiger charge is -2.17. The summed E-state index contributed by atoms with van der Waals surface area (Å²) in [5.41, 5.74) is 2.15. The number of ether oxygens (including phenoxy) is 1. The first-order valence-corrected chi connectivity index (χ1v) is 8.22. The van der Waals surface area contributed by atoms with E-state index in [1.165, 1.54) is 7.11 Å². The summed E-state index contributed by atoms with van der Waals surface area (Å²) < 4.78 is 4.67. The minimum absolute atomic E-state index is 0.0776. The molecule has 132 valence electrons. The molecular weight excluding hydrogens is 318 g/mol. The van der Waals surface area contributed by atoms with E-state index in [4.69, 9.17) is 0 Å². The Hall–Kier alpha value is -2.66. The molecule has 0 aliphatic rings. The third-order valence-corrected chi connectivity index (χ3v) is 3.99. The van der Waals surface area contributed by atoms with E-state index in [-0.39, 0.29) is 12.0 Å². The van der Waals surface area contributed by atoms with Gasteiger partial charge in [0.2, 0.25) is 0 Å². The predicted molar refractivity (Wildman–Crippen MR) is 95.1 cm³/mol. The van der Waals surface area contributed by atoms with E-state index >= 15 is 0 Å². The molecule has 0 aromatic heterocycles. The van der Waals surface area contributed by atoms with Gasteiger partial charge < -0.3 is 15.2 Å². The van der Waals surface area contributed by atoms with Gasteiger partial charge >= 0.3 is 5.97 Å². The molecule has 2 aromatic rings. The maximum Gasteiger partial charge on any atom is 0.337 e. The van der Waals surface area contributed by atoms with Crippen molar-refractivity contribution in [3.05, 3.63) is 71.3 Å². The van der Waals surface area contributed by atoms with Crippen molar-refractivity contribution in [2.45, 2.75) is 31.9 Å². The molecule has 0 aliphatic heterocycles. The lowest BCUT2D eigenvalue weighted by molar-refractivity contribution is -0.130. The molecule has 2 N–H and O–H groups in total. The SMILES string of the molecule is COC(=O)c1ccc(CC[C@@H](C)NC(=O)[C@H](O)c2ccccc2)cc1. The molecule has 2 aromatic carbocycles. The maximum absolute atomic E-state index is 12.1. The minimum Gasteiger partial charge on any atom is -0.465 e. The van der Waals surface area contributed by atoms with Crippen LogP contribution in [0.3, 0.4) is 0 Å². The van der Waals surface area contributed by atoms with E-state index in [0.717, 1.165) is 18.4 Å². The Kier molecular flexibility index (Phi) is 6.71. The van der Waals surface area contributed by atoms with E-state index in [9.17, 15) is 14.7 Å².